The molecule has 26 heavy (non-hydrogen) atoms. The predicted molar refractivity (Wildman–Crippen MR) is 99.9 cm³/mol. The number of carbonyl (C=O) groups is 1. The monoisotopic (exact) mass is 368 g/mol. The summed E-state index contributed by atoms with van der Waals surface area (Å²) in [4.78, 5) is 26.1. The van der Waals surface area contributed by atoms with Crippen molar-refractivity contribution in [3.63, 3.8) is 0 Å². The van der Waals surface area contributed by atoms with E-state index in [0.29, 0.717) is 6.54 Å². The summed E-state index contributed by atoms with van der Waals surface area (Å²) in [7, 11) is 0. The third-order valence-electron chi connectivity index (χ3n) is 4.84. The first-order chi connectivity index (χ1) is 12.5. The quantitative estimate of drug-likeness (QED) is 0.771. The van der Waals surface area contributed by atoms with Crippen molar-refractivity contribution in [3.05, 3.63) is 86.3 Å². The molecule has 1 N–H and O–H groups in total. The molecule has 0 atom stereocenters. The number of nitrogens with zero attached hydrogens (tertiary/aromatic N) is 2. The molecule has 0 radical (unpaired) electrons. The van der Waals surface area contributed by atoms with Gasteiger partial charge in [-0.2, -0.15) is 0 Å². The zero-order valence-corrected chi connectivity index (χ0v) is 14.7. The van der Waals surface area contributed by atoms with Gasteiger partial charge in [-0.1, -0.05) is 23.7 Å². The number of hydrogen-bond donors (Lipinski definition) is 1. The molecule has 3 heterocycles. The van der Waals surface area contributed by atoms with Crippen molar-refractivity contribution in [2.24, 2.45) is 0 Å². The second-order valence-corrected chi connectivity index (χ2v) is 6.96. The summed E-state index contributed by atoms with van der Waals surface area (Å²) in [5.74, 6) is -1.20. The highest BCUT2D eigenvalue weighted by Gasteiger charge is 2.20. The van der Waals surface area contributed by atoms with Crippen LogP contribution in [0.5, 0.6) is 0 Å². The molecule has 0 spiro atoms. The maximum absolute atomic E-state index is 12.4. The van der Waals surface area contributed by atoms with Crippen molar-refractivity contribution < 1.29 is 9.90 Å². The highest BCUT2D eigenvalue weighted by atomic mass is 35.5. The smallest absolute Gasteiger partial charge is 0.341 e. The van der Waals surface area contributed by atoms with Crippen LogP contribution in [0.4, 0.5) is 0 Å². The number of aromatic carboxylic acids is 1. The van der Waals surface area contributed by atoms with E-state index in [-0.39, 0.29) is 5.56 Å². The highest BCUT2D eigenvalue weighted by molar-refractivity contribution is 6.30. The van der Waals surface area contributed by atoms with Crippen molar-refractivity contribution in [1.82, 2.24) is 9.30 Å². The fraction of sp³-hybridized carbons (Fsp3) is 0.200. The van der Waals surface area contributed by atoms with Gasteiger partial charge in [-0.15, -0.1) is 0 Å². The number of carboxylic acids is 1. The van der Waals surface area contributed by atoms with Gasteiger partial charge in [0.25, 0.3) is 5.56 Å². The third-order valence-corrected chi connectivity index (χ3v) is 5.08. The van der Waals surface area contributed by atoms with Crippen molar-refractivity contribution in [2.75, 3.05) is 6.54 Å². The highest BCUT2D eigenvalue weighted by Crippen LogP contribution is 2.24. The molecule has 0 bridgehead atoms. The standard InChI is InChI=1S/C20H17ClN2O3/c21-16-5-4-14-11-22(8-6-13(14)9-16)12-15-10-17(20(25)26)19(24)23-7-2-1-3-18(15)23/h1-5,7,9-10H,6,8,11-12H2,(H,25,26). The van der Waals surface area contributed by atoms with Crippen LogP contribution >= 0.6 is 11.6 Å². The number of hydrogen-bond acceptors (Lipinski definition) is 3. The molecular weight excluding hydrogens is 352 g/mol. The van der Waals surface area contributed by atoms with Gasteiger partial charge in [-0.25, -0.2) is 4.79 Å². The lowest BCUT2D eigenvalue weighted by Gasteiger charge is -2.29. The third kappa shape index (κ3) is 3.00. The molecule has 1 aliphatic heterocycles. The predicted octanol–water partition coefficient (Wildman–Crippen LogP) is 3.21. The lowest BCUT2D eigenvalue weighted by Crippen LogP contribution is -2.31. The van der Waals surface area contributed by atoms with Crippen LogP contribution in [0.15, 0.2) is 53.5 Å². The molecule has 0 amide bonds. The van der Waals surface area contributed by atoms with Gasteiger partial charge in [0.1, 0.15) is 5.56 Å². The van der Waals surface area contributed by atoms with Crippen LogP contribution in [-0.4, -0.2) is 26.9 Å². The fourth-order valence-electron chi connectivity index (χ4n) is 3.56. The molecule has 0 fully saturated rings. The van der Waals surface area contributed by atoms with Crippen molar-refractivity contribution in [3.8, 4) is 0 Å². The summed E-state index contributed by atoms with van der Waals surface area (Å²) < 4.78 is 1.41. The Kier molecular flexibility index (Phi) is 4.26. The Morgan fingerprint density at radius 1 is 1.15 bits per heavy atom. The van der Waals surface area contributed by atoms with E-state index in [4.69, 9.17) is 11.6 Å². The van der Waals surface area contributed by atoms with Gasteiger partial charge in [0.15, 0.2) is 0 Å². The topological polar surface area (TPSA) is 62.0 Å². The van der Waals surface area contributed by atoms with Crippen LogP contribution in [-0.2, 0) is 19.5 Å². The van der Waals surface area contributed by atoms with Gasteiger partial charge < -0.3 is 5.11 Å². The summed E-state index contributed by atoms with van der Waals surface area (Å²) >= 11 is 6.07. The largest absolute Gasteiger partial charge is 0.477 e. The Bertz CT molecular complexity index is 1070. The molecule has 4 rings (SSSR count). The zero-order chi connectivity index (χ0) is 18.3. The molecule has 1 aromatic carbocycles. The van der Waals surface area contributed by atoms with Crippen molar-refractivity contribution in [2.45, 2.75) is 19.5 Å². The van der Waals surface area contributed by atoms with Gasteiger partial charge >= 0.3 is 5.97 Å². The molecule has 3 aromatic rings. The van der Waals surface area contributed by atoms with Crippen LogP contribution < -0.4 is 5.56 Å². The fourth-order valence-corrected chi connectivity index (χ4v) is 3.75. The Morgan fingerprint density at radius 2 is 2.00 bits per heavy atom. The first-order valence-corrected chi connectivity index (χ1v) is 8.77. The van der Waals surface area contributed by atoms with Gasteiger partial charge in [0.2, 0.25) is 0 Å². The number of carboxylic acid groups (broad SMARTS) is 1. The van der Waals surface area contributed by atoms with Gasteiger partial charge in [0.05, 0.1) is 5.52 Å². The van der Waals surface area contributed by atoms with E-state index in [1.807, 2.05) is 30.3 Å². The minimum atomic E-state index is -1.20. The van der Waals surface area contributed by atoms with E-state index in [1.165, 1.54) is 21.6 Å². The summed E-state index contributed by atoms with van der Waals surface area (Å²) in [6.07, 6.45) is 2.51. The van der Waals surface area contributed by atoms with E-state index < -0.39 is 11.5 Å². The first-order valence-electron chi connectivity index (χ1n) is 8.39. The number of pyridine rings is 2. The normalized spacial score (nSPS) is 14.3. The second kappa shape index (κ2) is 6.59. The molecule has 132 valence electrons. The van der Waals surface area contributed by atoms with E-state index >= 15 is 0 Å². The van der Waals surface area contributed by atoms with E-state index in [9.17, 15) is 14.7 Å². The van der Waals surface area contributed by atoms with Gasteiger partial charge in [0, 0.05) is 30.9 Å². The zero-order valence-electron chi connectivity index (χ0n) is 14.0. The first kappa shape index (κ1) is 16.8. The van der Waals surface area contributed by atoms with Gasteiger partial charge in [-0.3, -0.25) is 14.1 Å². The van der Waals surface area contributed by atoms with Gasteiger partial charge in [-0.05, 0) is 53.4 Å². The molecule has 0 unspecified atom stereocenters. The minimum absolute atomic E-state index is 0.201. The van der Waals surface area contributed by atoms with Crippen molar-refractivity contribution >= 4 is 23.1 Å². The van der Waals surface area contributed by atoms with Crippen molar-refractivity contribution in [1.29, 1.82) is 0 Å². The molecular formula is C20H17ClN2O3. The maximum Gasteiger partial charge on any atom is 0.341 e. The molecule has 0 saturated carbocycles. The van der Waals surface area contributed by atoms with Crippen LogP contribution in [0.2, 0.25) is 5.02 Å². The Hall–Kier alpha value is -2.63. The average Bonchev–Trinajstić information content (AvgIpc) is 2.64. The molecule has 5 nitrogen and oxygen atoms in total. The number of benzene rings is 1. The summed E-state index contributed by atoms with van der Waals surface area (Å²) in [5.41, 5.74) is 3.36. The van der Waals surface area contributed by atoms with E-state index in [2.05, 4.69) is 4.90 Å². The Balaban J connectivity index is 1.71. The lowest BCUT2D eigenvalue weighted by atomic mass is 9.99. The molecule has 0 aliphatic carbocycles. The van der Waals surface area contributed by atoms with Crippen LogP contribution in [0.3, 0.4) is 0 Å². The minimum Gasteiger partial charge on any atom is -0.477 e. The summed E-state index contributed by atoms with van der Waals surface area (Å²) in [5, 5.41) is 10.1. The van der Waals surface area contributed by atoms with Crippen LogP contribution in [0, 0.1) is 0 Å². The molecule has 1 aliphatic rings. The Labute approximate surface area is 155 Å². The number of halogens is 1. The molecule has 2 aromatic heterocycles. The molecule has 0 saturated heterocycles. The molecule has 6 heteroatoms. The second-order valence-electron chi connectivity index (χ2n) is 6.52. The summed E-state index contributed by atoms with van der Waals surface area (Å²) in [6, 6.07) is 12.9. The number of rotatable bonds is 3. The Morgan fingerprint density at radius 3 is 2.81 bits per heavy atom. The lowest BCUT2D eigenvalue weighted by molar-refractivity contribution is 0.0694. The van der Waals surface area contributed by atoms with E-state index in [1.54, 1.807) is 12.3 Å². The number of fused-ring (bicyclic) bond motifs is 2. The summed E-state index contributed by atoms with van der Waals surface area (Å²) in [6.45, 7) is 2.21. The van der Waals surface area contributed by atoms with Crippen LogP contribution in [0.25, 0.3) is 5.52 Å². The van der Waals surface area contributed by atoms with E-state index in [0.717, 1.165) is 35.6 Å². The maximum atomic E-state index is 12.4. The average molecular weight is 369 g/mol. The van der Waals surface area contributed by atoms with Crippen LogP contribution in [0.1, 0.15) is 27.0 Å². The number of aromatic nitrogens is 1. The SMILES string of the molecule is O=C(O)c1cc(CN2CCc3cc(Cl)ccc3C2)c2ccccn2c1=O.